The summed E-state index contributed by atoms with van der Waals surface area (Å²) >= 11 is 0. The number of hydrogen-bond donors (Lipinski definition) is 2. The Kier molecular flexibility index (Phi) is 6.31. The first kappa shape index (κ1) is 16.0. The summed E-state index contributed by atoms with van der Waals surface area (Å²) in [6.45, 7) is 2.92. The Hall–Kier alpha value is -1.07. The summed E-state index contributed by atoms with van der Waals surface area (Å²) in [5, 5.41) is 11.9. The molecule has 0 aliphatic rings. The molecule has 0 bridgehead atoms. The van der Waals surface area contributed by atoms with Gasteiger partial charge in [0.1, 0.15) is 0 Å². The number of aliphatic hydroxyl groups is 1. The van der Waals surface area contributed by atoms with Crippen LogP contribution in [0.2, 0.25) is 0 Å². The van der Waals surface area contributed by atoms with Crippen molar-refractivity contribution in [3.63, 3.8) is 0 Å². The molecule has 1 atom stereocenters. The van der Waals surface area contributed by atoms with E-state index in [1.807, 2.05) is 6.92 Å². The highest BCUT2D eigenvalue weighted by atomic mass is 19.4. The molecule has 1 rings (SSSR count). The van der Waals surface area contributed by atoms with E-state index >= 15 is 0 Å². The van der Waals surface area contributed by atoms with Crippen LogP contribution >= 0.6 is 0 Å². The van der Waals surface area contributed by atoms with Crippen LogP contribution in [0.1, 0.15) is 43.4 Å². The number of unbranched alkanes of at least 4 members (excludes halogenated alkanes) is 2. The molecular weight excluding hydrogens is 255 g/mol. The maximum Gasteiger partial charge on any atom is 0.416 e. The second-order valence-electron chi connectivity index (χ2n) is 4.58. The predicted molar refractivity (Wildman–Crippen MR) is 68.8 cm³/mol. The first-order valence-electron chi connectivity index (χ1n) is 6.46. The van der Waals surface area contributed by atoms with Crippen LogP contribution in [0, 0.1) is 0 Å². The topological polar surface area (TPSA) is 32.3 Å². The van der Waals surface area contributed by atoms with E-state index in [0.29, 0.717) is 0 Å². The summed E-state index contributed by atoms with van der Waals surface area (Å²) in [6, 6.07) is 5.26. The van der Waals surface area contributed by atoms with Gasteiger partial charge < -0.3 is 10.4 Å². The second-order valence-corrected chi connectivity index (χ2v) is 4.58. The third-order valence-corrected chi connectivity index (χ3v) is 3.02. The molecular formula is C14H20F3NO. The van der Waals surface area contributed by atoms with E-state index in [-0.39, 0.29) is 12.6 Å². The quantitative estimate of drug-likeness (QED) is 0.746. The molecule has 1 aromatic rings. The van der Waals surface area contributed by atoms with E-state index in [1.165, 1.54) is 12.1 Å². The number of nitrogens with one attached hydrogen (secondary N) is 1. The minimum Gasteiger partial charge on any atom is -0.396 e. The molecule has 0 amide bonds. The van der Waals surface area contributed by atoms with Crippen molar-refractivity contribution in [1.29, 1.82) is 0 Å². The van der Waals surface area contributed by atoms with E-state index in [2.05, 4.69) is 5.32 Å². The van der Waals surface area contributed by atoms with Crippen molar-refractivity contribution in [1.82, 2.24) is 5.32 Å². The van der Waals surface area contributed by atoms with E-state index in [1.54, 1.807) is 0 Å². The lowest BCUT2D eigenvalue weighted by Crippen LogP contribution is -2.20. The lowest BCUT2D eigenvalue weighted by Gasteiger charge is -2.15. The van der Waals surface area contributed by atoms with Crippen molar-refractivity contribution in [3.8, 4) is 0 Å². The number of hydrogen-bond acceptors (Lipinski definition) is 2. The summed E-state index contributed by atoms with van der Waals surface area (Å²) in [7, 11) is 0. The lowest BCUT2D eigenvalue weighted by atomic mass is 10.1. The normalized spacial score (nSPS) is 13.5. The average molecular weight is 275 g/mol. The van der Waals surface area contributed by atoms with Gasteiger partial charge in [0.15, 0.2) is 0 Å². The summed E-state index contributed by atoms with van der Waals surface area (Å²) in [6.07, 6.45) is -1.59. The van der Waals surface area contributed by atoms with Gasteiger partial charge in [0.25, 0.3) is 0 Å². The van der Waals surface area contributed by atoms with Gasteiger partial charge in [-0.1, -0.05) is 12.1 Å². The predicted octanol–water partition coefficient (Wildman–Crippen LogP) is 3.52. The summed E-state index contributed by atoms with van der Waals surface area (Å²) < 4.78 is 37.2. The fraction of sp³-hybridized carbons (Fsp3) is 0.571. The van der Waals surface area contributed by atoms with Crippen LogP contribution < -0.4 is 5.32 Å². The monoisotopic (exact) mass is 275 g/mol. The van der Waals surface area contributed by atoms with Crippen molar-refractivity contribution >= 4 is 0 Å². The van der Waals surface area contributed by atoms with Gasteiger partial charge in [0.2, 0.25) is 0 Å². The van der Waals surface area contributed by atoms with Gasteiger partial charge >= 0.3 is 6.18 Å². The minimum atomic E-state index is -4.28. The second kappa shape index (κ2) is 7.50. The Bertz CT molecular complexity index is 362. The summed E-state index contributed by atoms with van der Waals surface area (Å²) in [4.78, 5) is 0. The van der Waals surface area contributed by atoms with Crippen molar-refractivity contribution < 1.29 is 18.3 Å². The van der Waals surface area contributed by atoms with Gasteiger partial charge in [0.05, 0.1) is 5.56 Å². The van der Waals surface area contributed by atoms with Crippen LogP contribution in [-0.2, 0) is 6.18 Å². The fourth-order valence-corrected chi connectivity index (χ4v) is 1.81. The highest BCUT2D eigenvalue weighted by Crippen LogP contribution is 2.29. The number of halogens is 3. The Morgan fingerprint density at radius 2 is 1.74 bits per heavy atom. The van der Waals surface area contributed by atoms with Crippen LogP contribution in [0.4, 0.5) is 13.2 Å². The molecule has 19 heavy (non-hydrogen) atoms. The smallest absolute Gasteiger partial charge is 0.396 e. The molecule has 5 heteroatoms. The van der Waals surface area contributed by atoms with Gasteiger partial charge in [-0.05, 0) is 50.4 Å². The fourth-order valence-electron chi connectivity index (χ4n) is 1.81. The number of aliphatic hydroxyl groups excluding tert-OH is 1. The molecule has 108 valence electrons. The molecule has 1 unspecified atom stereocenters. The molecule has 0 saturated heterocycles. The van der Waals surface area contributed by atoms with Gasteiger partial charge in [-0.25, -0.2) is 0 Å². The van der Waals surface area contributed by atoms with Crippen LogP contribution in [0.15, 0.2) is 24.3 Å². The van der Waals surface area contributed by atoms with Crippen LogP contribution in [0.25, 0.3) is 0 Å². The van der Waals surface area contributed by atoms with Crippen molar-refractivity contribution in [2.45, 2.75) is 38.4 Å². The Labute approximate surface area is 111 Å². The highest BCUT2D eigenvalue weighted by molar-refractivity contribution is 5.26. The third-order valence-electron chi connectivity index (χ3n) is 3.02. The zero-order valence-corrected chi connectivity index (χ0v) is 11.0. The SMILES string of the molecule is CC(NCCCCCO)c1ccc(C(F)(F)F)cc1. The molecule has 0 aliphatic carbocycles. The molecule has 0 aliphatic heterocycles. The number of rotatable bonds is 7. The highest BCUT2D eigenvalue weighted by Gasteiger charge is 2.30. The van der Waals surface area contributed by atoms with E-state index in [9.17, 15) is 13.2 Å². The zero-order valence-electron chi connectivity index (χ0n) is 11.0. The first-order valence-corrected chi connectivity index (χ1v) is 6.46. The molecule has 0 aromatic heterocycles. The van der Waals surface area contributed by atoms with Gasteiger partial charge in [0, 0.05) is 12.6 Å². The summed E-state index contributed by atoms with van der Waals surface area (Å²) in [5.74, 6) is 0. The average Bonchev–Trinajstić information content (AvgIpc) is 2.37. The Morgan fingerprint density at radius 1 is 1.11 bits per heavy atom. The molecule has 0 saturated carbocycles. The maximum atomic E-state index is 12.4. The van der Waals surface area contributed by atoms with E-state index in [0.717, 1.165) is 43.5 Å². The molecule has 0 radical (unpaired) electrons. The lowest BCUT2D eigenvalue weighted by molar-refractivity contribution is -0.137. The molecule has 0 spiro atoms. The van der Waals surface area contributed by atoms with Gasteiger partial charge in [-0.3, -0.25) is 0 Å². The molecule has 2 N–H and O–H groups in total. The molecule has 0 heterocycles. The Balaban J connectivity index is 2.42. The van der Waals surface area contributed by atoms with Crippen molar-refractivity contribution in [2.24, 2.45) is 0 Å². The standard InChI is InChI=1S/C14H20F3NO/c1-11(18-9-3-2-4-10-19)12-5-7-13(8-6-12)14(15,16)17/h5-8,11,18-19H,2-4,9-10H2,1H3. The third kappa shape index (κ3) is 5.61. The first-order chi connectivity index (χ1) is 8.95. The van der Waals surface area contributed by atoms with Crippen LogP contribution in [0.5, 0.6) is 0 Å². The maximum absolute atomic E-state index is 12.4. The molecule has 1 aromatic carbocycles. The van der Waals surface area contributed by atoms with E-state index < -0.39 is 11.7 Å². The number of alkyl halides is 3. The largest absolute Gasteiger partial charge is 0.416 e. The molecule has 2 nitrogen and oxygen atoms in total. The Morgan fingerprint density at radius 3 is 2.26 bits per heavy atom. The number of benzene rings is 1. The minimum absolute atomic E-state index is 0.0245. The van der Waals surface area contributed by atoms with E-state index in [4.69, 9.17) is 5.11 Å². The van der Waals surface area contributed by atoms with Gasteiger partial charge in [-0.2, -0.15) is 13.2 Å². The van der Waals surface area contributed by atoms with Gasteiger partial charge in [-0.15, -0.1) is 0 Å². The van der Waals surface area contributed by atoms with Crippen molar-refractivity contribution in [2.75, 3.05) is 13.2 Å². The molecule has 0 fully saturated rings. The van der Waals surface area contributed by atoms with Crippen molar-refractivity contribution in [3.05, 3.63) is 35.4 Å². The van der Waals surface area contributed by atoms with Crippen LogP contribution in [-0.4, -0.2) is 18.3 Å². The zero-order chi connectivity index (χ0) is 14.3. The summed E-state index contributed by atoms with van der Waals surface area (Å²) in [5.41, 5.74) is 0.224. The van der Waals surface area contributed by atoms with Crippen LogP contribution in [0.3, 0.4) is 0 Å².